The largest absolute Gasteiger partial charge is 0.433 e. The van der Waals surface area contributed by atoms with Crippen molar-refractivity contribution in [2.75, 3.05) is 10.6 Å². The van der Waals surface area contributed by atoms with Crippen LogP contribution in [0.1, 0.15) is 37.6 Å². The van der Waals surface area contributed by atoms with Gasteiger partial charge in [0.1, 0.15) is 17.1 Å². The number of hydrogen-bond acceptors (Lipinski definition) is 7. The molecule has 3 heterocycles. The minimum absolute atomic E-state index is 0.00551. The Balaban J connectivity index is 1.73. The van der Waals surface area contributed by atoms with Gasteiger partial charge in [0.25, 0.3) is 0 Å². The molecule has 0 aliphatic heterocycles. The van der Waals surface area contributed by atoms with Crippen LogP contribution in [0.3, 0.4) is 0 Å². The molecule has 0 unspecified atom stereocenters. The Labute approximate surface area is 183 Å². The van der Waals surface area contributed by atoms with Gasteiger partial charge in [0, 0.05) is 17.4 Å². The molecule has 3 aromatic heterocycles. The monoisotopic (exact) mass is 469 g/mol. The molecule has 0 bridgehead atoms. The number of aromatic nitrogens is 5. The summed E-state index contributed by atoms with van der Waals surface area (Å²) in [4.78, 5) is 19.4. The number of pyridine rings is 2. The topological polar surface area (TPSA) is 88.5 Å². The van der Waals surface area contributed by atoms with Gasteiger partial charge in [-0.3, -0.25) is 4.98 Å². The number of rotatable bonds is 6. The highest BCUT2D eigenvalue weighted by Gasteiger charge is 2.41. The van der Waals surface area contributed by atoms with E-state index in [9.17, 15) is 26.3 Å². The molecule has 7 nitrogen and oxygen atoms in total. The molecule has 13 heteroatoms. The lowest BCUT2D eigenvalue weighted by Crippen LogP contribution is -2.22. The van der Waals surface area contributed by atoms with Crippen LogP contribution in [-0.4, -0.2) is 30.5 Å². The van der Waals surface area contributed by atoms with Crippen molar-refractivity contribution in [3.8, 4) is 11.5 Å². The second-order valence-corrected chi connectivity index (χ2v) is 7.52. The van der Waals surface area contributed by atoms with E-state index >= 15 is 0 Å². The Morgan fingerprint density at radius 1 is 0.879 bits per heavy atom. The summed E-state index contributed by atoms with van der Waals surface area (Å²) >= 11 is 0. The maximum Gasteiger partial charge on any atom is 0.433 e. The first-order chi connectivity index (χ1) is 15.5. The predicted molar refractivity (Wildman–Crippen MR) is 106 cm³/mol. The van der Waals surface area contributed by atoms with E-state index in [4.69, 9.17) is 0 Å². The number of alkyl halides is 6. The van der Waals surface area contributed by atoms with Gasteiger partial charge in [-0.2, -0.15) is 41.3 Å². The molecule has 33 heavy (non-hydrogen) atoms. The molecule has 4 rings (SSSR count). The van der Waals surface area contributed by atoms with Crippen LogP contribution in [0.5, 0.6) is 0 Å². The average Bonchev–Trinajstić information content (AvgIpc) is 3.52. The van der Waals surface area contributed by atoms with Crippen LogP contribution >= 0.6 is 0 Å². The van der Waals surface area contributed by atoms with E-state index in [2.05, 4.69) is 35.6 Å². The lowest BCUT2D eigenvalue weighted by Gasteiger charge is -2.16. The summed E-state index contributed by atoms with van der Waals surface area (Å²) in [6.45, 7) is 1.96. The summed E-state index contributed by atoms with van der Waals surface area (Å²) in [5, 5.41) is 5.80. The van der Waals surface area contributed by atoms with Crippen LogP contribution < -0.4 is 10.6 Å². The first-order valence-electron chi connectivity index (χ1n) is 9.87. The third kappa shape index (κ3) is 5.29. The van der Waals surface area contributed by atoms with E-state index in [0.717, 1.165) is 37.6 Å². The van der Waals surface area contributed by atoms with Crippen LogP contribution in [0.25, 0.3) is 11.5 Å². The fraction of sp³-hybridized carbons (Fsp3) is 0.350. The first kappa shape index (κ1) is 22.7. The van der Waals surface area contributed by atoms with Gasteiger partial charge in [-0.1, -0.05) is 13.0 Å². The first-order valence-corrected chi connectivity index (χ1v) is 9.87. The Morgan fingerprint density at radius 3 is 2.21 bits per heavy atom. The average molecular weight is 469 g/mol. The van der Waals surface area contributed by atoms with Gasteiger partial charge in [0.2, 0.25) is 11.9 Å². The van der Waals surface area contributed by atoms with Gasteiger partial charge in [-0.25, -0.2) is 4.98 Å². The van der Waals surface area contributed by atoms with Crippen molar-refractivity contribution in [3.05, 3.63) is 47.9 Å². The number of anilines is 3. The standard InChI is InChI=1S/C20H17F6N7/c1-2-18(7-8-18)33-17-31-15(12-4-3-5-13(29-12)19(21,22)23)30-16(32-17)28-11-6-9-27-14(10-11)20(24,25)26/h3-6,9-10H,2,7-8H2,1H3,(H2,27,28,30,31,32,33). The summed E-state index contributed by atoms with van der Waals surface area (Å²) in [6, 6.07) is 5.34. The molecule has 1 aliphatic rings. The van der Waals surface area contributed by atoms with E-state index in [1.165, 1.54) is 18.2 Å². The van der Waals surface area contributed by atoms with E-state index in [-0.39, 0.29) is 34.6 Å². The van der Waals surface area contributed by atoms with E-state index in [1.807, 2.05) is 6.92 Å². The van der Waals surface area contributed by atoms with E-state index < -0.39 is 23.7 Å². The number of nitrogens with one attached hydrogen (secondary N) is 2. The summed E-state index contributed by atoms with van der Waals surface area (Å²) < 4.78 is 78.2. The lowest BCUT2D eigenvalue weighted by molar-refractivity contribution is -0.141. The minimum atomic E-state index is -4.67. The molecular formula is C20H17F6N7. The zero-order valence-electron chi connectivity index (χ0n) is 17.1. The molecule has 0 spiro atoms. The van der Waals surface area contributed by atoms with Crippen LogP contribution in [0.15, 0.2) is 36.5 Å². The van der Waals surface area contributed by atoms with Gasteiger partial charge < -0.3 is 10.6 Å². The van der Waals surface area contributed by atoms with Crippen molar-refractivity contribution < 1.29 is 26.3 Å². The fourth-order valence-corrected chi connectivity index (χ4v) is 3.07. The van der Waals surface area contributed by atoms with Crippen molar-refractivity contribution in [1.82, 2.24) is 24.9 Å². The molecule has 3 aromatic rings. The quantitative estimate of drug-likeness (QED) is 0.463. The summed E-state index contributed by atoms with van der Waals surface area (Å²) in [5.41, 5.74) is -2.65. The van der Waals surface area contributed by atoms with Crippen molar-refractivity contribution >= 4 is 17.6 Å². The molecular weight excluding hydrogens is 452 g/mol. The molecule has 0 radical (unpaired) electrons. The summed E-state index contributed by atoms with van der Waals surface area (Å²) in [5.74, 6) is -0.253. The molecule has 0 saturated heterocycles. The van der Waals surface area contributed by atoms with Gasteiger partial charge >= 0.3 is 12.4 Å². The SMILES string of the molecule is CCC1(Nc2nc(Nc3ccnc(C(F)(F)F)c3)nc(-c3cccc(C(F)(F)F)n3)n2)CC1. The number of halogens is 6. The van der Waals surface area contributed by atoms with Gasteiger partial charge in [0.15, 0.2) is 5.82 Å². The maximum absolute atomic E-state index is 13.1. The number of nitrogens with zero attached hydrogens (tertiary/aromatic N) is 5. The molecule has 0 aromatic carbocycles. The van der Waals surface area contributed by atoms with Gasteiger partial charge in [-0.05, 0) is 43.5 Å². The summed E-state index contributed by atoms with van der Waals surface area (Å²) in [6.07, 6.45) is -5.88. The van der Waals surface area contributed by atoms with Crippen LogP contribution in [-0.2, 0) is 12.4 Å². The Morgan fingerprint density at radius 2 is 1.58 bits per heavy atom. The van der Waals surface area contributed by atoms with Crippen molar-refractivity contribution in [2.24, 2.45) is 0 Å². The Hall–Kier alpha value is -3.51. The highest BCUT2D eigenvalue weighted by atomic mass is 19.4. The zero-order chi connectivity index (χ0) is 23.9. The molecule has 1 saturated carbocycles. The Kier molecular flexibility index (Phi) is 5.58. The third-order valence-corrected chi connectivity index (χ3v) is 5.12. The van der Waals surface area contributed by atoms with E-state index in [1.54, 1.807) is 0 Å². The molecule has 2 N–H and O–H groups in total. The number of hydrogen-bond donors (Lipinski definition) is 2. The van der Waals surface area contributed by atoms with Crippen LogP contribution in [0.2, 0.25) is 0 Å². The molecule has 174 valence electrons. The maximum atomic E-state index is 13.1. The Bertz CT molecular complexity index is 1160. The lowest BCUT2D eigenvalue weighted by atomic mass is 10.2. The second kappa shape index (κ2) is 8.12. The second-order valence-electron chi connectivity index (χ2n) is 7.52. The van der Waals surface area contributed by atoms with Crippen molar-refractivity contribution in [1.29, 1.82) is 0 Å². The van der Waals surface area contributed by atoms with E-state index in [0.29, 0.717) is 0 Å². The highest BCUT2D eigenvalue weighted by molar-refractivity contribution is 5.59. The summed E-state index contributed by atoms with van der Waals surface area (Å²) in [7, 11) is 0. The van der Waals surface area contributed by atoms with Crippen molar-refractivity contribution in [3.63, 3.8) is 0 Å². The zero-order valence-corrected chi connectivity index (χ0v) is 17.1. The molecule has 1 fully saturated rings. The van der Waals surface area contributed by atoms with Gasteiger partial charge in [0.05, 0.1) is 0 Å². The third-order valence-electron chi connectivity index (χ3n) is 5.12. The van der Waals surface area contributed by atoms with Crippen molar-refractivity contribution in [2.45, 2.75) is 44.1 Å². The molecule has 0 amide bonds. The minimum Gasteiger partial charge on any atom is -0.349 e. The fourth-order valence-electron chi connectivity index (χ4n) is 3.07. The highest BCUT2D eigenvalue weighted by Crippen LogP contribution is 2.41. The van der Waals surface area contributed by atoms with Crippen LogP contribution in [0, 0.1) is 0 Å². The predicted octanol–water partition coefficient (Wildman–Crippen LogP) is 5.46. The van der Waals surface area contributed by atoms with Crippen LogP contribution in [0.4, 0.5) is 43.9 Å². The molecule has 0 atom stereocenters. The molecule has 1 aliphatic carbocycles. The normalized spacial score (nSPS) is 15.2. The van der Waals surface area contributed by atoms with Gasteiger partial charge in [-0.15, -0.1) is 0 Å². The smallest absolute Gasteiger partial charge is 0.349 e.